The van der Waals surface area contributed by atoms with Gasteiger partial charge in [-0.25, -0.2) is 0 Å². The lowest BCUT2D eigenvalue weighted by atomic mass is 10.1. The minimum Gasteiger partial charge on any atom is -0.411 e. The predicted octanol–water partition coefficient (Wildman–Crippen LogP) is 2.90. The molecule has 0 spiro atoms. The fourth-order valence-corrected chi connectivity index (χ4v) is 3.31. The molecular weight excluding hydrogens is 342 g/mol. The molecule has 0 N–H and O–H groups in total. The van der Waals surface area contributed by atoms with E-state index in [1.54, 1.807) is 12.1 Å². The van der Waals surface area contributed by atoms with Gasteiger partial charge in [0.05, 0.1) is 4.92 Å². The van der Waals surface area contributed by atoms with E-state index in [9.17, 15) is 10.1 Å². The van der Waals surface area contributed by atoms with Crippen LogP contribution in [-0.4, -0.2) is 58.5 Å². The van der Waals surface area contributed by atoms with Crippen molar-refractivity contribution in [3.05, 3.63) is 28.3 Å². The van der Waals surface area contributed by atoms with Crippen molar-refractivity contribution >= 4 is 23.1 Å². The average Bonchev–Trinajstić information content (AvgIpc) is 3.03. The number of aromatic nitrogens is 2. The second-order valence-electron chi connectivity index (χ2n) is 6.29. The highest BCUT2D eigenvalue weighted by atomic mass is 32.2. The molecular formula is C16H21N5O3S. The molecule has 2 aromatic rings. The minimum absolute atomic E-state index is 0.0679. The fourth-order valence-electron chi connectivity index (χ4n) is 2.69. The van der Waals surface area contributed by atoms with Gasteiger partial charge in [0.15, 0.2) is 0 Å². The number of likely N-dealkylation sites (N-methyl/N-ethyl adjacent to an activating group) is 1. The van der Waals surface area contributed by atoms with E-state index >= 15 is 0 Å². The maximum absolute atomic E-state index is 11.6. The third-order valence-electron chi connectivity index (χ3n) is 4.01. The first kappa shape index (κ1) is 17.7. The Morgan fingerprint density at radius 3 is 2.60 bits per heavy atom. The third kappa shape index (κ3) is 4.10. The van der Waals surface area contributed by atoms with Crippen LogP contribution in [-0.2, 0) is 0 Å². The SMILES string of the molecule is CC(C)Sc1nnc(-c2ccc(N3CCN(C)CC3)c([N+](=O)[O-])c2)o1. The van der Waals surface area contributed by atoms with Crippen molar-refractivity contribution in [2.75, 3.05) is 38.1 Å². The van der Waals surface area contributed by atoms with Gasteiger partial charge in [0.1, 0.15) is 5.69 Å². The predicted molar refractivity (Wildman–Crippen MR) is 97.1 cm³/mol. The van der Waals surface area contributed by atoms with Crippen molar-refractivity contribution in [1.29, 1.82) is 0 Å². The van der Waals surface area contributed by atoms with Gasteiger partial charge in [-0.05, 0) is 19.2 Å². The van der Waals surface area contributed by atoms with Gasteiger partial charge in [-0.15, -0.1) is 10.2 Å². The Bertz CT molecular complexity index is 756. The van der Waals surface area contributed by atoms with E-state index in [4.69, 9.17) is 4.42 Å². The van der Waals surface area contributed by atoms with Crippen molar-refractivity contribution in [3.8, 4) is 11.5 Å². The maximum Gasteiger partial charge on any atom is 0.293 e. The molecule has 0 aliphatic carbocycles. The van der Waals surface area contributed by atoms with Gasteiger partial charge in [0.25, 0.3) is 10.9 Å². The molecule has 1 fully saturated rings. The summed E-state index contributed by atoms with van der Waals surface area (Å²) in [7, 11) is 2.05. The molecule has 0 radical (unpaired) electrons. The van der Waals surface area contributed by atoms with Crippen LogP contribution >= 0.6 is 11.8 Å². The van der Waals surface area contributed by atoms with Crippen LogP contribution in [0, 0.1) is 10.1 Å². The first-order valence-electron chi connectivity index (χ1n) is 8.16. The highest BCUT2D eigenvalue weighted by Gasteiger charge is 2.24. The monoisotopic (exact) mass is 363 g/mol. The van der Waals surface area contributed by atoms with Crippen LogP contribution in [0.4, 0.5) is 11.4 Å². The first-order valence-corrected chi connectivity index (χ1v) is 9.04. The Hall–Kier alpha value is -2.13. The summed E-state index contributed by atoms with van der Waals surface area (Å²) < 4.78 is 5.61. The van der Waals surface area contributed by atoms with E-state index < -0.39 is 0 Å². The first-order chi connectivity index (χ1) is 11.9. The van der Waals surface area contributed by atoms with Crippen LogP contribution in [0.1, 0.15) is 13.8 Å². The standard InChI is InChI=1S/C16H21N5O3S/c1-11(2)25-16-18-17-15(24-16)12-4-5-13(14(10-12)21(22)23)20-8-6-19(3)7-9-20/h4-5,10-11H,6-9H2,1-3H3. The molecule has 1 aromatic heterocycles. The van der Waals surface area contributed by atoms with Crippen molar-refractivity contribution in [2.24, 2.45) is 0 Å². The van der Waals surface area contributed by atoms with Crippen LogP contribution in [0.3, 0.4) is 0 Å². The second-order valence-corrected chi connectivity index (χ2v) is 7.82. The summed E-state index contributed by atoms with van der Waals surface area (Å²) >= 11 is 1.46. The van der Waals surface area contributed by atoms with Crippen molar-refractivity contribution < 1.29 is 9.34 Å². The zero-order valence-corrected chi connectivity index (χ0v) is 15.3. The number of nitrogens with zero attached hydrogens (tertiary/aromatic N) is 5. The molecule has 2 heterocycles. The lowest BCUT2D eigenvalue weighted by Gasteiger charge is -2.33. The third-order valence-corrected chi connectivity index (χ3v) is 4.84. The number of anilines is 1. The molecule has 1 aliphatic heterocycles. The van der Waals surface area contributed by atoms with Crippen molar-refractivity contribution in [1.82, 2.24) is 15.1 Å². The van der Waals surface area contributed by atoms with E-state index in [2.05, 4.69) is 27.0 Å². The number of nitro benzene ring substituents is 1. The van der Waals surface area contributed by atoms with Crippen LogP contribution < -0.4 is 4.90 Å². The minimum atomic E-state index is -0.350. The number of nitro groups is 1. The van der Waals surface area contributed by atoms with Gasteiger partial charge < -0.3 is 14.2 Å². The Balaban J connectivity index is 1.88. The number of hydrogen-bond acceptors (Lipinski definition) is 8. The fraction of sp³-hybridized carbons (Fsp3) is 0.500. The van der Waals surface area contributed by atoms with Gasteiger partial charge in [-0.1, -0.05) is 25.6 Å². The van der Waals surface area contributed by atoms with Crippen LogP contribution in [0.5, 0.6) is 0 Å². The summed E-state index contributed by atoms with van der Waals surface area (Å²) in [5.41, 5.74) is 1.27. The van der Waals surface area contributed by atoms with Crippen molar-refractivity contribution in [2.45, 2.75) is 24.3 Å². The lowest BCUT2D eigenvalue weighted by Crippen LogP contribution is -2.44. The van der Waals surface area contributed by atoms with Crippen LogP contribution in [0.25, 0.3) is 11.5 Å². The zero-order chi connectivity index (χ0) is 18.0. The van der Waals surface area contributed by atoms with Crippen LogP contribution in [0.2, 0.25) is 0 Å². The molecule has 25 heavy (non-hydrogen) atoms. The van der Waals surface area contributed by atoms with Crippen molar-refractivity contribution in [3.63, 3.8) is 0 Å². The van der Waals surface area contributed by atoms with Gasteiger partial charge in [-0.2, -0.15) is 0 Å². The van der Waals surface area contributed by atoms with Gasteiger partial charge >= 0.3 is 0 Å². The van der Waals surface area contributed by atoms with E-state index in [1.807, 2.05) is 13.8 Å². The highest BCUT2D eigenvalue weighted by Crippen LogP contribution is 2.34. The highest BCUT2D eigenvalue weighted by molar-refractivity contribution is 7.99. The van der Waals surface area contributed by atoms with E-state index in [0.29, 0.717) is 27.6 Å². The van der Waals surface area contributed by atoms with Gasteiger partial charge in [0, 0.05) is 43.1 Å². The van der Waals surface area contributed by atoms with E-state index in [0.717, 1.165) is 26.2 Å². The smallest absolute Gasteiger partial charge is 0.293 e. The largest absolute Gasteiger partial charge is 0.411 e. The maximum atomic E-state index is 11.6. The number of benzene rings is 1. The number of rotatable bonds is 5. The van der Waals surface area contributed by atoms with Gasteiger partial charge in [0.2, 0.25) is 5.89 Å². The van der Waals surface area contributed by atoms with Crippen LogP contribution in [0.15, 0.2) is 27.8 Å². The molecule has 0 bridgehead atoms. The number of hydrogen-bond donors (Lipinski definition) is 0. The average molecular weight is 363 g/mol. The van der Waals surface area contributed by atoms with E-state index in [-0.39, 0.29) is 10.6 Å². The molecule has 0 unspecified atom stereocenters. The summed E-state index contributed by atoms with van der Waals surface area (Å²) in [5.74, 6) is 0.302. The Morgan fingerprint density at radius 1 is 1.24 bits per heavy atom. The molecule has 0 atom stereocenters. The summed E-state index contributed by atoms with van der Waals surface area (Å²) in [6.07, 6.45) is 0. The normalized spacial score (nSPS) is 15.8. The Kier molecular flexibility index (Phi) is 5.24. The molecule has 134 valence electrons. The molecule has 0 saturated carbocycles. The molecule has 9 heteroatoms. The Labute approximate surface area is 150 Å². The second kappa shape index (κ2) is 7.40. The summed E-state index contributed by atoms with van der Waals surface area (Å²) in [4.78, 5) is 15.5. The molecule has 8 nitrogen and oxygen atoms in total. The lowest BCUT2D eigenvalue weighted by molar-refractivity contribution is -0.384. The molecule has 1 saturated heterocycles. The molecule has 0 amide bonds. The van der Waals surface area contributed by atoms with Gasteiger partial charge in [-0.3, -0.25) is 10.1 Å². The molecule has 1 aliphatic rings. The summed E-state index contributed by atoms with van der Waals surface area (Å²) in [6.45, 7) is 7.38. The quantitative estimate of drug-likeness (QED) is 0.455. The summed E-state index contributed by atoms with van der Waals surface area (Å²) in [6, 6.07) is 5.10. The van der Waals surface area contributed by atoms with E-state index in [1.165, 1.54) is 17.8 Å². The number of thioether (sulfide) groups is 1. The number of piperazine rings is 1. The topological polar surface area (TPSA) is 88.5 Å². The zero-order valence-electron chi connectivity index (χ0n) is 14.5. The molecule has 3 rings (SSSR count). The summed E-state index contributed by atoms with van der Waals surface area (Å²) in [5, 5.41) is 20.4. The Morgan fingerprint density at radius 2 is 1.96 bits per heavy atom. The molecule has 1 aromatic carbocycles.